The summed E-state index contributed by atoms with van der Waals surface area (Å²) < 4.78 is 0. The monoisotopic (exact) mass is 260 g/mol. The van der Waals surface area contributed by atoms with Crippen LogP contribution in [-0.4, -0.2) is 21.7 Å². The van der Waals surface area contributed by atoms with Crippen LogP contribution in [0.15, 0.2) is 40.6 Å². The molecule has 1 heterocycles. The molecule has 18 heavy (non-hydrogen) atoms. The molecule has 1 aromatic heterocycles. The van der Waals surface area contributed by atoms with Crippen LogP contribution in [0.4, 0.5) is 5.69 Å². The fourth-order valence-electron chi connectivity index (χ4n) is 1.96. The van der Waals surface area contributed by atoms with Crippen molar-refractivity contribution in [2.45, 2.75) is 29.3 Å². The molecule has 2 N–H and O–H groups in total. The number of aromatic amines is 1. The molecule has 0 amide bonds. The largest absolute Gasteiger partial charge is 0.385 e. The summed E-state index contributed by atoms with van der Waals surface area (Å²) in [5, 5.41) is 11.0. The van der Waals surface area contributed by atoms with Gasteiger partial charge in [-0.25, -0.2) is 4.98 Å². The molecule has 0 bridgehead atoms. The molecule has 0 atom stereocenters. The van der Waals surface area contributed by atoms with E-state index >= 15 is 0 Å². The van der Waals surface area contributed by atoms with Crippen molar-refractivity contribution in [2.75, 3.05) is 11.9 Å². The highest BCUT2D eigenvalue weighted by molar-refractivity contribution is 7.99. The number of hydrogen-bond acceptors (Lipinski definition) is 4. The van der Waals surface area contributed by atoms with Crippen molar-refractivity contribution in [1.29, 1.82) is 0 Å². The number of nitrogens with one attached hydrogen (secondary N) is 2. The van der Waals surface area contributed by atoms with Gasteiger partial charge >= 0.3 is 0 Å². The highest BCUT2D eigenvalue weighted by atomic mass is 32.2. The Morgan fingerprint density at radius 2 is 2.11 bits per heavy atom. The van der Waals surface area contributed by atoms with Crippen LogP contribution in [0, 0.1) is 5.92 Å². The molecule has 0 unspecified atom stereocenters. The number of benzene rings is 1. The van der Waals surface area contributed by atoms with E-state index in [9.17, 15) is 0 Å². The van der Waals surface area contributed by atoms with E-state index in [1.807, 2.05) is 0 Å². The predicted octanol–water partition coefficient (Wildman–Crippen LogP) is 3.17. The van der Waals surface area contributed by atoms with E-state index < -0.39 is 0 Å². The Kier molecular flexibility index (Phi) is 3.50. The zero-order chi connectivity index (χ0) is 12.2. The van der Waals surface area contributed by atoms with Crippen molar-refractivity contribution in [2.24, 2.45) is 5.92 Å². The first-order chi connectivity index (χ1) is 8.90. The van der Waals surface area contributed by atoms with Gasteiger partial charge in [0, 0.05) is 17.1 Å². The van der Waals surface area contributed by atoms with Gasteiger partial charge in [-0.3, -0.25) is 5.10 Å². The Balaban J connectivity index is 1.54. The van der Waals surface area contributed by atoms with E-state index in [0.29, 0.717) is 0 Å². The summed E-state index contributed by atoms with van der Waals surface area (Å²) in [7, 11) is 0. The minimum Gasteiger partial charge on any atom is -0.385 e. The van der Waals surface area contributed by atoms with E-state index in [-0.39, 0.29) is 0 Å². The van der Waals surface area contributed by atoms with Gasteiger partial charge < -0.3 is 5.32 Å². The second kappa shape index (κ2) is 5.44. The molecule has 1 aliphatic carbocycles. The third-order valence-electron chi connectivity index (χ3n) is 3.28. The average Bonchev–Trinajstić information content (AvgIpc) is 2.82. The molecule has 1 aromatic carbocycles. The van der Waals surface area contributed by atoms with Gasteiger partial charge in [-0.05, 0) is 43.0 Å². The molecular formula is C13H16N4S. The van der Waals surface area contributed by atoms with E-state index in [1.165, 1.54) is 36.2 Å². The van der Waals surface area contributed by atoms with Gasteiger partial charge in [0.2, 0.25) is 0 Å². The minimum atomic E-state index is 0.824. The first kappa shape index (κ1) is 11.6. The van der Waals surface area contributed by atoms with Crippen LogP contribution in [0.25, 0.3) is 0 Å². The summed E-state index contributed by atoms with van der Waals surface area (Å²) in [5.74, 6) is 0.883. The van der Waals surface area contributed by atoms with Crippen molar-refractivity contribution in [1.82, 2.24) is 15.2 Å². The van der Waals surface area contributed by atoms with Crippen molar-refractivity contribution in [3.05, 3.63) is 30.6 Å². The van der Waals surface area contributed by atoms with Gasteiger partial charge in [0.05, 0.1) is 0 Å². The van der Waals surface area contributed by atoms with Crippen LogP contribution in [0.3, 0.4) is 0 Å². The number of hydrogen-bond donors (Lipinski definition) is 2. The Morgan fingerprint density at radius 1 is 1.28 bits per heavy atom. The maximum absolute atomic E-state index is 4.09. The predicted molar refractivity (Wildman–Crippen MR) is 72.8 cm³/mol. The van der Waals surface area contributed by atoms with Crippen LogP contribution >= 0.6 is 11.8 Å². The summed E-state index contributed by atoms with van der Waals surface area (Å²) in [6.07, 6.45) is 5.69. The van der Waals surface area contributed by atoms with Gasteiger partial charge in [0.1, 0.15) is 6.33 Å². The van der Waals surface area contributed by atoms with Crippen molar-refractivity contribution < 1.29 is 0 Å². The third-order valence-corrected chi connectivity index (χ3v) is 4.18. The van der Waals surface area contributed by atoms with Crippen LogP contribution in [0.2, 0.25) is 0 Å². The molecule has 94 valence electrons. The zero-order valence-corrected chi connectivity index (χ0v) is 10.9. The molecule has 0 radical (unpaired) electrons. The number of aromatic nitrogens is 3. The van der Waals surface area contributed by atoms with Crippen LogP contribution < -0.4 is 5.32 Å². The Morgan fingerprint density at radius 3 is 2.72 bits per heavy atom. The van der Waals surface area contributed by atoms with Gasteiger partial charge in [-0.2, -0.15) is 5.10 Å². The van der Waals surface area contributed by atoms with Crippen molar-refractivity contribution in [3.63, 3.8) is 0 Å². The molecule has 5 heteroatoms. The first-order valence-electron chi connectivity index (χ1n) is 6.27. The summed E-state index contributed by atoms with van der Waals surface area (Å²) >= 11 is 1.59. The Bertz CT molecular complexity index is 476. The average molecular weight is 260 g/mol. The molecule has 0 saturated heterocycles. The SMILES string of the molecule is c1n[nH]c(Sc2ccc(NCC3CCC3)cc2)n1. The lowest BCUT2D eigenvalue weighted by Crippen LogP contribution is -2.20. The fraction of sp³-hybridized carbons (Fsp3) is 0.385. The summed E-state index contributed by atoms with van der Waals surface area (Å²) in [6.45, 7) is 1.11. The lowest BCUT2D eigenvalue weighted by atomic mass is 9.85. The molecule has 1 saturated carbocycles. The van der Waals surface area contributed by atoms with Gasteiger partial charge in [0.15, 0.2) is 5.16 Å². The van der Waals surface area contributed by atoms with Gasteiger partial charge in [-0.15, -0.1) is 0 Å². The molecule has 0 aliphatic heterocycles. The highest BCUT2D eigenvalue weighted by Crippen LogP contribution is 2.28. The fourth-order valence-corrected chi connectivity index (χ4v) is 2.65. The lowest BCUT2D eigenvalue weighted by Gasteiger charge is -2.25. The number of nitrogens with zero attached hydrogens (tertiary/aromatic N) is 2. The Labute approximate surface area is 111 Å². The number of anilines is 1. The molecule has 1 fully saturated rings. The molecule has 1 aliphatic rings. The van der Waals surface area contributed by atoms with E-state index in [1.54, 1.807) is 11.8 Å². The maximum atomic E-state index is 4.09. The zero-order valence-electron chi connectivity index (χ0n) is 10.1. The first-order valence-corrected chi connectivity index (χ1v) is 7.09. The molecule has 0 spiro atoms. The summed E-state index contributed by atoms with van der Waals surface area (Å²) in [5.41, 5.74) is 1.20. The third kappa shape index (κ3) is 2.85. The highest BCUT2D eigenvalue weighted by Gasteiger charge is 2.16. The van der Waals surface area contributed by atoms with Crippen molar-refractivity contribution in [3.8, 4) is 0 Å². The molecular weight excluding hydrogens is 244 g/mol. The van der Waals surface area contributed by atoms with Crippen LogP contribution in [0.1, 0.15) is 19.3 Å². The maximum Gasteiger partial charge on any atom is 0.188 e. The normalized spacial score (nSPS) is 15.3. The second-order valence-electron chi connectivity index (χ2n) is 4.59. The molecule has 3 rings (SSSR count). The standard InChI is InChI=1S/C13H16N4S/c1-2-10(3-1)8-14-11-4-6-12(7-5-11)18-13-15-9-16-17-13/h4-7,9-10,14H,1-3,8H2,(H,15,16,17). The molecule has 2 aromatic rings. The summed E-state index contributed by atoms with van der Waals surface area (Å²) in [6, 6.07) is 8.46. The summed E-state index contributed by atoms with van der Waals surface area (Å²) in [4.78, 5) is 5.26. The molecule has 4 nitrogen and oxygen atoms in total. The topological polar surface area (TPSA) is 53.6 Å². The number of rotatable bonds is 5. The van der Waals surface area contributed by atoms with Crippen molar-refractivity contribution >= 4 is 17.4 Å². The minimum absolute atomic E-state index is 0.824. The smallest absolute Gasteiger partial charge is 0.188 e. The number of H-pyrrole nitrogens is 1. The second-order valence-corrected chi connectivity index (χ2v) is 5.66. The van der Waals surface area contributed by atoms with Crippen LogP contribution in [-0.2, 0) is 0 Å². The van der Waals surface area contributed by atoms with Gasteiger partial charge in [-0.1, -0.05) is 18.2 Å². The van der Waals surface area contributed by atoms with E-state index in [0.717, 1.165) is 17.6 Å². The quantitative estimate of drug-likeness (QED) is 0.867. The lowest BCUT2D eigenvalue weighted by molar-refractivity contribution is 0.333. The Hall–Kier alpha value is -1.49. The van der Waals surface area contributed by atoms with E-state index in [2.05, 4.69) is 44.8 Å². The van der Waals surface area contributed by atoms with Crippen LogP contribution in [0.5, 0.6) is 0 Å². The van der Waals surface area contributed by atoms with E-state index in [4.69, 9.17) is 0 Å². The van der Waals surface area contributed by atoms with Gasteiger partial charge in [0.25, 0.3) is 0 Å².